The quantitative estimate of drug-likeness (QED) is 0.727. The first kappa shape index (κ1) is 14.9. The van der Waals surface area contributed by atoms with Crippen LogP contribution in [-0.4, -0.2) is 16.6 Å². The first-order valence-electron chi connectivity index (χ1n) is 8.31. The zero-order chi connectivity index (χ0) is 16.5. The number of aromatic nitrogens is 1. The Kier molecular flexibility index (Phi) is 3.76. The van der Waals surface area contributed by atoms with Crippen LogP contribution >= 0.6 is 0 Å². The van der Waals surface area contributed by atoms with Crippen LogP contribution in [0.2, 0.25) is 0 Å². The van der Waals surface area contributed by atoms with Gasteiger partial charge in [0.1, 0.15) is 11.3 Å². The molecule has 2 aromatic carbocycles. The zero-order valence-electron chi connectivity index (χ0n) is 13.5. The van der Waals surface area contributed by atoms with Crippen LogP contribution in [0.15, 0.2) is 57.1 Å². The van der Waals surface area contributed by atoms with Gasteiger partial charge in [-0.15, -0.1) is 0 Å². The molecule has 0 saturated carbocycles. The molecule has 0 bridgehead atoms. The summed E-state index contributed by atoms with van der Waals surface area (Å²) < 4.78 is 5.93. The Morgan fingerprint density at radius 1 is 1.17 bits per heavy atom. The average Bonchev–Trinajstić information content (AvgIpc) is 3.05. The smallest absolute Gasteiger partial charge is 0.227 e. The van der Waals surface area contributed by atoms with Gasteiger partial charge >= 0.3 is 0 Å². The van der Waals surface area contributed by atoms with Crippen molar-refractivity contribution in [3.05, 3.63) is 48.0 Å². The summed E-state index contributed by atoms with van der Waals surface area (Å²) in [7, 11) is 0. The minimum absolute atomic E-state index is 0.107. The van der Waals surface area contributed by atoms with Gasteiger partial charge in [-0.05, 0) is 54.3 Å². The van der Waals surface area contributed by atoms with Crippen LogP contribution in [0, 0.1) is 5.92 Å². The summed E-state index contributed by atoms with van der Waals surface area (Å²) in [5.74, 6) is 1.31. The highest BCUT2D eigenvalue weighted by molar-refractivity contribution is 5.77. The van der Waals surface area contributed by atoms with Gasteiger partial charge in [0.05, 0.1) is 12.6 Å². The Morgan fingerprint density at radius 3 is 2.79 bits per heavy atom. The van der Waals surface area contributed by atoms with Gasteiger partial charge < -0.3 is 9.52 Å². The summed E-state index contributed by atoms with van der Waals surface area (Å²) in [6, 6.07) is 13.0. The normalized spacial score (nSPS) is 20.5. The summed E-state index contributed by atoms with van der Waals surface area (Å²) in [6.07, 6.45) is 2.18. The molecule has 2 unspecified atom stereocenters. The number of phenols is 1. The topological polar surface area (TPSA) is 71.0 Å². The molecule has 122 valence electrons. The van der Waals surface area contributed by atoms with Crippen molar-refractivity contribution in [2.45, 2.75) is 25.8 Å². The van der Waals surface area contributed by atoms with E-state index < -0.39 is 0 Å². The number of fused-ring (bicyclic) bond motifs is 1. The zero-order valence-corrected chi connectivity index (χ0v) is 13.5. The molecule has 0 radical (unpaired) electrons. The van der Waals surface area contributed by atoms with E-state index in [1.165, 1.54) is 0 Å². The lowest BCUT2D eigenvalue weighted by Crippen LogP contribution is -2.15. The van der Waals surface area contributed by atoms with Crippen LogP contribution in [0.1, 0.15) is 31.4 Å². The van der Waals surface area contributed by atoms with Gasteiger partial charge in [0.2, 0.25) is 5.89 Å². The van der Waals surface area contributed by atoms with E-state index in [-0.39, 0.29) is 11.8 Å². The Balaban J connectivity index is 1.72. The van der Waals surface area contributed by atoms with E-state index in [0.29, 0.717) is 11.8 Å². The Hall–Kier alpha value is -2.69. The summed E-state index contributed by atoms with van der Waals surface area (Å²) in [4.78, 5) is 4.54. The van der Waals surface area contributed by atoms with E-state index in [9.17, 15) is 5.11 Å². The predicted molar refractivity (Wildman–Crippen MR) is 92.0 cm³/mol. The molecule has 5 nitrogen and oxygen atoms in total. The number of benzene rings is 2. The summed E-state index contributed by atoms with van der Waals surface area (Å²) in [5.41, 5.74) is 3.55. The van der Waals surface area contributed by atoms with E-state index in [1.807, 2.05) is 12.1 Å². The lowest BCUT2D eigenvalue weighted by molar-refractivity contribution is 0.350. The van der Waals surface area contributed by atoms with E-state index in [1.54, 1.807) is 24.3 Å². The van der Waals surface area contributed by atoms with Crippen molar-refractivity contribution in [2.24, 2.45) is 16.1 Å². The van der Waals surface area contributed by atoms with Crippen LogP contribution in [0.3, 0.4) is 0 Å². The van der Waals surface area contributed by atoms with Crippen LogP contribution in [-0.2, 0) is 0 Å². The second-order valence-electron chi connectivity index (χ2n) is 6.18. The van der Waals surface area contributed by atoms with Gasteiger partial charge in [0, 0.05) is 5.56 Å². The van der Waals surface area contributed by atoms with Crippen molar-refractivity contribution in [2.75, 3.05) is 6.54 Å². The molecule has 1 aliphatic rings. The van der Waals surface area contributed by atoms with E-state index in [0.717, 1.165) is 41.6 Å². The number of aromatic hydroxyl groups is 1. The highest BCUT2D eigenvalue weighted by Crippen LogP contribution is 2.36. The molecule has 1 aromatic heterocycles. The highest BCUT2D eigenvalue weighted by atomic mass is 16.3. The molecule has 0 fully saturated rings. The molecule has 2 heterocycles. The number of phenolic OH excluding ortho intramolecular Hbond substituents is 1. The van der Waals surface area contributed by atoms with Crippen molar-refractivity contribution in [3.63, 3.8) is 0 Å². The molecule has 5 heteroatoms. The number of hydrogen-bond donors (Lipinski definition) is 1. The molecule has 1 N–H and O–H groups in total. The second kappa shape index (κ2) is 6.07. The van der Waals surface area contributed by atoms with Gasteiger partial charge in [-0.2, -0.15) is 10.2 Å². The van der Waals surface area contributed by atoms with Gasteiger partial charge in [0.25, 0.3) is 0 Å². The highest BCUT2D eigenvalue weighted by Gasteiger charge is 2.25. The largest absolute Gasteiger partial charge is 0.508 e. The summed E-state index contributed by atoms with van der Waals surface area (Å²) >= 11 is 0. The van der Waals surface area contributed by atoms with Gasteiger partial charge in [-0.3, -0.25) is 0 Å². The third kappa shape index (κ3) is 2.66. The molecule has 4 rings (SSSR count). The minimum atomic E-state index is 0.107. The fourth-order valence-corrected chi connectivity index (χ4v) is 3.24. The predicted octanol–water partition coefficient (Wildman–Crippen LogP) is 5.12. The SMILES string of the molecule is CCC1CCN=NC1c1ccc2nc(-c3ccc(O)cc3)oc2c1. The Morgan fingerprint density at radius 2 is 2.00 bits per heavy atom. The van der Waals surface area contributed by atoms with Crippen molar-refractivity contribution >= 4 is 11.1 Å². The first-order valence-corrected chi connectivity index (χ1v) is 8.31. The van der Waals surface area contributed by atoms with Crippen molar-refractivity contribution in [1.82, 2.24) is 4.98 Å². The molecule has 0 saturated heterocycles. The third-order valence-electron chi connectivity index (χ3n) is 4.65. The molecule has 24 heavy (non-hydrogen) atoms. The van der Waals surface area contributed by atoms with E-state index in [2.05, 4.69) is 28.2 Å². The molecule has 0 amide bonds. The maximum atomic E-state index is 9.40. The van der Waals surface area contributed by atoms with Crippen LogP contribution in [0.25, 0.3) is 22.6 Å². The minimum Gasteiger partial charge on any atom is -0.508 e. The number of azo groups is 1. The summed E-state index contributed by atoms with van der Waals surface area (Å²) in [5, 5.41) is 18.1. The molecule has 3 aromatic rings. The maximum Gasteiger partial charge on any atom is 0.227 e. The molecule has 1 aliphatic heterocycles. The lowest BCUT2D eigenvalue weighted by atomic mass is 9.88. The monoisotopic (exact) mass is 321 g/mol. The Bertz CT molecular complexity index is 883. The van der Waals surface area contributed by atoms with Gasteiger partial charge in [-0.25, -0.2) is 4.98 Å². The van der Waals surface area contributed by atoms with Crippen LogP contribution in [0.5, 0.6) is 5.75 Å². The maximum absolute atomic E-state index is 9.40. The molecule has 0 spiro atoms. The van der Waals surface area contributed by atoms with E-state index >= 15 is 0 Å². The molecule has 2 atom stereocenters. The number of nitrogens with zero attached hydrogens (tertiary/aromatic N) is 3. The van der Waals surface area contributed by atoms with Gasteiger partial charge in [-0.1, -0.05) is 19.4 Å². The fraction of sp³-hybridized carbons (Fsp3) is 0.316. The standard InChI is InChI=1S/C19H19N3O2/c1-2-12-9-10-20-22-18(12)14-5-8-16-17(11-14)24-19(21-16)13-3-6-15(23)7-4-13/h3-8,11-12,18,23H,2,9-10H2,1H3. The van der Waals surface area contributed by atoms with E-state index in [4.69, 9.17) is 4.42 Å². The number of hydrogen-bond acceptors (Lipinski definition) is 5. The van der Waals surface area contributed by atoms with Crippen molar-refractivity contribution in [1.29, 1.82) is 0 Å². The molecular weight excluding hydrogens is 302 g/mol. The average molecular weight is 321 g/mol. The Labute approximate surface area is 140 Å². The van der Waals surface area contributed by atoms with Crippen molar-refractivity contribution in [3.8, 4) is 17.2 Å². The van der Waals surface area contributed by atoms with Crippen LogP contribution in [0.4, 0.5) is 0 Å². The summed E-state index contributed by atoms with van der Waals surface area (Å²) in [6.45, 7) is 3.03. The van der Waals surface area contributed by atoms with Crippen molar-refractivity contribution < 1.29 is 9.52 Å². The fourth-order valence-electron chi connectivity index (χ4n) is 3.24. The van der Waals surface area contributed by atoms with Gasteiger partial charge in [0.15, 0.2) is 5.58 Å². The molecular formula is C19H19N3O2. The third-order valence-corrected chi connectivity index (χ3v) is 4.65. The lowest BCUT2D eigenvalue weighted by Gasteiger charge is -2.24. The number of rotatable bonds is 3. The number of oxazole rings is 1. The van der Waals surface area contributed by atoms with Crippen LogP contribution < -0.4 is 0 Å². The molecule has 0 aliphatic carbocycles. The second-order valence-corrected chi connectivity index (χ2v) is 6.18. The first-order chi connectivity index (χ1) is 11.7.